The molecule has 0 radical (unpaired) electrons. The minimum atomic E-state index is -0.818. The maximum atomic E-state index is 11.2. The van der Waals surface area contributed by atoms with Gasteiger partial charge in [-0.25, -0.2) is 4.79 Å². The lowest BCUT2D eigenvalue weighted by Crippen LogP contribution is -2.27. The van der Waals surface area contributed by atoms with Crippen molar-refractivity contribution in [1.29, 1.82) is 0 Å². The number of hydrogen-bond donors (Lipinski definition) is 2. The summed E-state index contributed by atoms with van der Waals surface area (Å²) in [5.74, 6) is -0.818. The summed E-state index contributed by atoms with van der Waals surface area (Å²) in [7, 11) is 0. The Hall–Kier alpha value is -1.35. The lowest BCUT2D eigenvalue weighted by molar-refractivity contribution is 0.0694. The van der Waals surface area contributed by atoms with Gasteiger partial charge in [-0.3, -0.25) is 0 Å². The molecule has 1 aromatic rings. The smallest absolute Gasteiger partial charge is 0.336 e. The van der Waals surface area contributed by atoms with E-state index >= 15 is 0 Å². The molecule has 0 aromatic heterocycles. The van der Waals surface area contributed by atoms with Crippen molar-refractivity contribution >= 4 is 5.97 Å². The molecule has 0 aliphatic heterocycles. The molecule has 0 saturated carbocycles. The van der Waals surface area contributed by atoms with Crippen LogP contribution in [0, 0.1) is 0 Å². The zero-order valence-electron chi connectivity index (χ0n) is 9.49. The zero-order valence-corrected chi connectivity index (χ0v) is 9.49. The van der Waals surface area contributed by atoms with Crippen LogP contribution in [0.2, 0.25) is 0 Å². The van der Waals surface area contributed by atoms with Crippen LogP contribution in [-0.4, -0.2) is 17.6 Å². The van der Waals surface area contributed by atoms with Gasteiger partial charge in [-0.05, 0) is 43.0 Å². The van der Waals surface area contributed by atoms with Gasteiger partial charge in [0.2, 0.25) is 0 Å². The summed E-state index contributed by atoms with van der Waals surface area (Å²) >= 11 is 0. The van der Waals surface area contributed by atoms with Crippen LogP contribution in [0.5, 0.6) is 0 Å². The first-order valence-corrected chi connectivity index (χ1v) is 5.82. The third-order valence-corrected chi connectivity index (χ3v) is 3.16. The molecule has 0 amide bonds. The van der Waals surface area contributed by atoms with Gasteiger partial charge in [-0.2, -0.15) is 0 Å². The van der Waals surface area contributed by atoms with Crippen LogP contribution in [0.3, 0.4) is 0 Å². The Morgan fingerprint density at radius 3 is 3.06 bits per heavy atom. The second-order valence-corrected chi connectivity index (χ2v) is 4.19. The van der Waals surface area contributed by atoms with Crippen LogP contribution in [-0.2, 0) is 6.42 Å². The average molecular weight is 219 g/mol. The molecule has 1 aromatic carbocycles. The third-order valence-electron chi connectivity index (χ3n) is 3.16. The van der Waals surface area contributed by atoms with E-state index in [1.807, 2.05) is 12.1 Å². The first-order chi connectivity index (χ1) is 7.74. The summed E-state index contributed by atoms with van der Waals surface area (Å²) < 4.78 is 0. The van der Waals surface area contributed by atoms with Gasteiger partial charge in [0.05, 0.1) is 5.56 Å². The summed E-state index contributed by atoms with van der Waals surface area (Å²) in [5, 5.41) is 12.6. The Balaban J connectivity index is 2.46. The van der Waals surface area contributed by atoms with E-state index in [9.17, 15) is 9.90 Å². The number of carbonyl (C=O) groups is 1. The van der Waals surface area contributed by atoms with Gasteiger partial charge in [0.15, 0.2) is 0 Å². The number of hydrogen-bond acceptors (Lipinski definition) is 2. The fourth-order valence-corrected chi connectivity index (χ4v) is 2.52. The molecule has 1 aliphatic carbocycles. The van der Waals surface area contributed by atoms with Crippen molar-refractivity contribution in [2.45, 2.75) is 32.2 Å². The second-order valence-electron chi connectivity index (χ2n) is 4.19. The molecule has 2 rings (SSSR count). The number of rotatable bonds is 3. The van der Waals surface area contributed by atoms with Crippen molar-refractivity contribution in [3.8, 4) is 0 Å². The fourth-order valence-electron chi connectivity index (χ4n) is 2.52. The third kappa shape index (κ3) is 1.95. The predicted octanol–water partition coefficient (Wildman–Crippen LogP) is 2.37. The lowest BCUT2D eigenvalue weighted by Gasteiger charge is -2.27. The second kappa shape index (κ2) is 4.66. The molecule has 1 atom stereocenters. The van der Waals surface area contributed by atoms with Crippen molar-refractivity contribution in [1.82, 2.24) is 5.32 Å². The van der Waals surface area contributed by atoms with Crippen LogP contribution in [0.25, 0.3) is 0 Å². The quantitative estimate of drug-likeness (QED) is 0.820. The van der Waals surface area contributed by atoms with Crippen molar-refractivity contribution in [2.75, 3.05) is 6.54 Å². The van der Waals surface area contributed by atoms with E-state index in [0.717, 1.165) is 31.4 Å². The molecule has 0 fully saturated rings. The Morgan fingerprint density at radius 2 is 2.38 bits per heavy atom. The van der Waals surface area contributed by atoms with Crippen LogP contribution >= 0.6 is 0 Å². The Morgan fingerprint density at radius 1 is 1.56 bits per heavy atom. The summed E-state index contributed by atoms with van der Waals surface area (Å²) in [6.45, 7) is 2.93. The van der Waals surface area contributed by atoms with E-state index in [1.54, 1.807) is 6.07 Å². The number of carboxylic acid groups (broad SMARTS) is 1. The molecule has 0 saturated heterocycles. The summed E-state index contributed by atoms with van der Waals surface area (Å²) in [4.78, 5) is 11.2. The number of fused-ring (bicyclic) bond motifs is 1. The highest BCUT2D eigenvalue weighted by molar-refractivity contribution is 5.90. The maximum Gasteiger partial charge on any atom is 0.336 e. The number of benzene rings is 1. The number of nitrogens with one attached hydrogen (secondary N) is 1. The lowest BCUT2D eigenvalue weighted by atomic mass is 9.84. The Kier molecular flexibility index (Phi) is 3.25. The fraction of sp³-hybridized carbons (Fsp3) is 0.462. The first-order valence-electron chi connectivity index (χ1n) is 5.82. The largest absolute Gasteiger partial charge is 0.478 e. The SMILES string of the molecule is CCNC1CCCc2cccc(C(=O)O)c21. The molecule has 0 bridgehead atoms. The number of aryl methyl sites for hydroxylation is 1. The van der Waals surface area contributed by atoms with Crippen molar-refractivity contribution in [3.05, 3.63) is 34.9 Å². The Labute approximate surface area is 95.5 Å². The molecule has 0 spiro atoms. The van der Waals surface area contributed by atoms with Crippen molar-refractivity contribution < 1.29 is 9.90 Å². The monoisotopic (exact) mass is 219 g/mol. The van der Waals surface area contributed by atoms with E-state index in [1.165, 1.54) is 5.56 Å². The molecule has 2 N–H and O–H groups in total. The van der Waals surface area contributed by atoms with Gasteiger partial charge in [0.1, 0.15) is 0 Å². The molecule has 86 valence electrons. The summed E-state index contributed by atoms with van der Waals surface area (Å²) in [6.07, 6.45) is 3.16. The molecule has 1 unspecified atom stereocenters. The van der Waals surface area contributed by atoms with Gasteiger partial charge in [-0.1, -0.05) is 19.1 Å². The van der Waals surface area contributed by atoms with E-state index < -0.39 is 5.97 Å². The standard InChI is InChI=1S/C13H17NO2/c1-2-14-11-8-4-6-9-5-3-7-10(12(9)11)13(15)16/h3,5,7,11,14H,2,4,6,8H2,1H3,(H,15,16). The van der Waals surface area contributed by atoms with Crippen LogP contribution in [0.1, 0.15) is 47.3 Å². The minimum Gasteiger partial charge on any atom is -0.478 e. The number of carboxylic acids is 1. The van der Waals surface area contributed by atoms with Crippen LogP contribution < -0.4 is 5.32 Å². The zero-order chi connectivity index (χ0) is 11.5. The van der Waals surface area contributed by atoms with E-state index in [-0.39, 0.29) is 6.04 Å². The highest BCUT2D eigenvalue weighted by atomic mass is 16.4. The highest BCUT2D eigenvalue weighted by Crippen LogP contribution is 2.32. The molecule has 0 heterocycles. The average Bonchev–Trinajstić information content (AvgIpc) is 2.29. The van der Waals surface area contributed by atoms with Gasteiger partial charge in [0.25, 0.3) is 0 Å². The highest BCUT2D eigenvalue weighted by Gasteiger charge is 2.24. The van der Waals surface area contributed by atoms with Gasteiger partial charge in [0, 0.05) is 6.04 Å². The predicted molar refractivity (Wildman–Crippen MR) is 62.8 cm³/mol. The van der Waals surface area contributed by atoms with Gasteiger partial charge in [-0.15, -0.1) is 0 Å². The molecule has 16 heavy (non-hydrogen) atoms. The maximum absolute atomic E-state index is 11.2. The number of aromatic carboxylic acids is 1. The van der Waals surface area contributed by atoms with Crippen LogP contribution in [0.4, 0.5) is 0 Å². The summed E-state index contributed by atoms with van der Waals surface area (Å²) in [5.41, 5.74) is 2.66. The Bertz CT molecular complexity index is 401. The molecular weight excluding hydrogens is 202 g/mol. The van der Waals surface area contributed by atoms with E-state index in [4.69, 9.17) is 0 Å². The van der Waals surface area contributed by atoms with Crippen molar-refractivity contribution in [3.63, 3.8) is 0 Å². The molecular formula is C13H17NO2. The van der Waals surface area contributed by atoms with E-state index in [0.29, 0.717) is 5.56 Å². The molecule has 3 heteroatoms. The molecule has 3 nitrogen and oxygen atoms in total. The van der Waals surface area contributed by atoms with Gasteiger partial charge >= 0.3 is 5.97 Å². The normalized spacial score (nSPS) is 19.2. The van der Waals surface area contributed by atoms with Crippen molar-refractivity contribution in [2.24, 2.45) is 0 Å². The minimum absolute atomic E-state index is 0.209. The summed E-state index contributed by atoms with van der Waals surface area (Å²) in [6, 6.07) is 5.81. The molecule has 1 aliphatic rings. The van der Waals surface area contributed by atoms with Gasteiger partial charge < -0.3 is 10.4 Å². The topological polar surface area (TPSA) is 49.3 Å². The first kappa shape index (κ1) is 11.1. The van der Waals surface area contributed by atoms with E-state index in [2.05, 4.69) is 12.2 Å². The van der Waals surface area contributed by atoms with Crippen LogP contribution in [0.15, 0.2) is 18.2 Å².